The molecular formula is C6H12CuN2O2. The summed E-state index contributed by atoms with van der Waals surface area (Å²) in [5.74, 6) is -0.422. The fourth-order valence-electron chi connectivity index (χ4n) is 0.495. The van der Waals surface area contributed by atoms with E-state index in [-0.39, 0.29) is 17.1 Å². The van der Waals surface area contributed by atoms with Crippen molar-refractivity contribution in [2.45, 2.75) is 26.2 Å². The van der Waals surface area contributed by atoms with Crippen molar-refractivity contribution in [3.05, 3.63) is 0 Å². The van der Waals surface area contributed by atoms with E-state index in [9.17, 15) is 4.79 Å². The molecular weight excluding hydrogens is 196 g/mol. The van der Waals surface area contributed by atoms with E-state index in [2.05, 4.69) is 4.74 Å². The summed E-state index contributed by atoms with van der Waals surface area (Å²) in [6.45, 7) is 1.97. The first-order valence-electron chi connectivity index (χ1n) is 3.21. The zero-order valence-corrected chi connectivity index (χ0v) is 7.26. The van der Waals surface area contributed by atoms with Crippen molar-refractivity contribution < 1.29 is 26.6 Å². The molecule has 0 rings (SSSR count). The summed E-state index contributed by atoms with van der Waals surface area (Å²) >= 11 is 0. The summed E-state index contributed by atoms with van der Waals surface area (Å²) in [6, 6.07) is -0.527. The Kier molecular flexibility index (Phi) is 8.99. The quantitative estimate of drug-likeness (QED) is 0.308. The van der Waals surface area contributed by atoms with Crippen LogP contribution >= 0.6 is 0 Å². The van der Waals surface area contributed by atoms with Crippen molar-refractivity contribution in [1.29, 1.82) is 5.41 Å². The molecule has 5 heteroatoms. The van der Waals surface area contributed by atoms with Crippen LogP contribution in [0.3, 0.4) is 0 Å². The molecule has 0 saturated heterocycles. The van der Waals surface area contributed by atoms with Crippen LogP contribution in [0.2, 0.25) is 0 Å². The molecule has 0 saturated carbocycles. The number of amidine groups is 1. The zero-order valence-electron chi connectivity index (χ0n) is 6.32. The summed E-state index contributed by atoms with van der Waals surface area (Å²) in [7, 11) is 0. The van der Waals surface area contributed by atoms with E-state index in [1.165, 1.54) is 0 Å². The first kappa shape index (κ1) is 13.1. The minimum absolute atomic E-state index is 0. The van der Waals surface area contributed by atoms with Gasteiger partial charge < -0.3 is 10.5 Å². The standard InChI is InChI=1S/C6H12N2O2.Cu/c1-2-3-4-5(9)10-6(7)8;/h2-4H2,1H3,(H3,7,8);. The SMILES string of the molecule is CCCCC(=O)OC(=N)N.[Cu]. The third-order valence-electron chi connectivity index (χ3n) is 0.958. The molecule has 11 heavy (non-hydrogen) atoms. The molecule has 0 spiro atoms. The molecule has 69 valence electrons. The van der Waals surface area contributed by atoms with E-state index in [1.807, 2.05) is 6.92 Å². The zero-order chi connectivity index (χ0) is 7.98. The molecule has 1 radical (unpaired) electrons. The number of esters is 1. The Labute approximate surface area is 76.5 Å². The van der Waals surface area contributed by atoms with Gasteiger partial charge in [0.05, 0.1) is 0 Å². The van der Waals surface area contributed by atoms with Crippen LogP contribution in [-0.2, 0) is 26.6 Å². The molecule has 0 amide bonds. The van der Waals surface area contributed by atoms with E-state index in [1.54, 1.807) is 0 Å². The van der Waals surface area contributed by atoms with Gasteiger partial charge >= 0.3 is 5.97 Å². The van der Waals surface area contributed by atoms with Crippen LogP contribution in [0.4, 0.5) is 0 Å². The van der Waals surface area contributed by atoms with E-state index in [0.717, 1.165) is 12.8 Å². The van der Waals surface area contributed by atoms with Crippen molar-refractivity contribution >= 4 is 12.0 Å². The molecule has 0 bridgehead atoms. The molecule has 0 aromatic rings. The number of nitrogens with two attached hydrogens (primary N) is 1. The molecule has 0 aliphatic carbocycles. The van der Waals surface area contributed by atoms with Crippen molar-refractivity contribution in [1.82, 2.24) is 0 Å². The normalized spacial score (nSPS) is 8.09. The maximum atomic E-state index is 10.6. The monoisotopic (exact) mass is 207 g/mol. The fraction of sp³-hybridized carbons (Fsp3) is 0.667. The molecule has 0 aliphatic rings. The van der Waals surface area contributed by atoms with E-state index >= 15 is 0 Å². The van der Waals surface area contributed by atoms with Gasteiger partial charge in [0.15, 0.2) is 0 Å². The number of unbranched alkanes of at least 4 members (excludes halogenated alkanes) is 1. The second kappa shape index (κ2) is 7.57. The molecule has 3 N–H and O–H groups in total. The van der Waals surface area contributed by atoms with Gasteiger partial charge in [0.2, 0.25) is 0 Å². The number of rotatable bonds is 3. The average molecular weight is 208 g/mol. The fourth-order valence-corrected chi connectivity index (χ4v) is 0.495. The van der Waals surface area contributed by atoms with Crippen LogP contribution in [0, 0.1) is 5.41 Å². The van der Waals surface area contributed by atoms with E-state index in [4.69, 9.17) is 11.1 Å². The Hall–Kier alpha value is -0.541. The van der Waals surface area contributed by atoms with Gasteiger partial charge in [0.25, 0.3) is 6.02 Å². The Balaban J connectivity index is 0. The second-order valence-electron chi connectivity index (χ2n) is 1.94. The van der Waals surface area contributed by atoms with Gasteiger partial charge in [-0.25, -0.2) is 0 Å². The Morgan fingerprint density at radius 2 is 2.18 bits per heavy atom. The molecule has 4 nitrogen and oxygen atoms in total. The van der Waals surface area contributed by atoms with Gasteiger partial charge in [-0.2, -0.15) is 0 Å². The number of carbonyl (C=O) groups is 1. The molecule has 0 fully saturated rings. The van der Waals surface area contributed by atoms with Crippen LogP contribution in [0.15, 0.2) is 0 Å². The van der Waals surface area contributed by atoms with Crippen LogP contribution in [0.25, 0.3) is 0 Å². The number of hydrogen-bond acceptors (Lipinski definition) is 3. The number of hydrogen-bond donors (Lipinski definition) is 2. The maximum Gasteiger partial charge on any atom is 0.313 e. The second-order valence-corrected chi connectivity index (χ2v) is 1.94. The van der Waals surface area contributed by atoms with Crippen LogP contribution in [-0.4, -0.2) is 12.0 Å². The van der Waals surface area contributed by atoms with Gasteiger partial charge in [-0.05, 0) is 6.42 Å². The summed E-state index contributed by atoms with van der Waals surface area (Å²) in [6.07, 6.45) is 2.06. The van der Waals surface area contributed by atoms with Crippen molar-refractivity contribution in [2.75, 3.05) is 0 Å². The molecule has 0 heterocycles. The van der Waals surface area contributed by atoms with Gasteiger partial charge in [0, 0.05) is 23.5 Å². The molecule has 0 atom stereocenters. The summed E-state index contributed by atoms with van der Waals surface area (Å²) in [5.41, 5.74) is 4.81. The maximum absolute atomic E-state index is 10.6. The predicted octanol–water partition coefficient (Wildman–Crippen LogP) is 0.611. The van der Waals surface area contributed by atoms with Gasteiger partial charge in [-0.15, -0.1) is 0 Å². The predicted molar refractivity (Wildman–Crippen MR) is 37.5 cm³/mol. The Morgan fingerprint density at radius 3 is 2.55 bits per heavy atom. The Bertz CT molecular complexity index is 139. The summed E-state index contributed by atoms with van der Waals surface area (Å²) in [5, 5.41) is 6.59. The molecule has 0 aliphatic heterocycles. The smallest absolute Gasteiger partial charge is 0.313 e. The van der Waals surface area contributed by atoms with Gasteiger partial charge in [0.1, 0.15) is 0 Å². The first-order chi connectivity index (χ1) is 4.66. The molecule has 0 aromatic carbocycles. The van der Waals surface area contributed by atoms with Crippen LogP contribution in [0.5, 0.6) is 0 Å². The van der Waals surface area contributed by atoms with Crippen LogP contribution in [0.1, 0.15) is 26.2 Å². The largest absolute Gasteiger partial charge is 0.393 e. The molecule has 0 unspecified atom stereocenters. The number of nitrogens with one attached hydrogen (secondary N) is 1. The Morgan fingerprint density at radius 1 is 1.64 bits per heavy atom. The minimum Gasteiger partial charge on any atom is -0.393 e. The molecule has 0 aromatic heterocycles. The minimum atomic E-state index is -0.527. The van der Waals surface area contributed by atoms with Gasteiger partial charge in [-0.1, -0.05) is 13.3 Å². The number of carbonyl (C=O) groups excluding carboxylic acids is 1. The van der Waals surface area contributed by atoms with Crippen LogP contribution < -0.4 is 5.73 Å². The third kappa shape index (κ3) is 9.46. The van der Waals surface area contributed by atoms with Crippen molar-refractivity contribution in [2.24, 2.45) is 5.73 Å². The summed E-state index contributed by atoms with van der Waals surface area (Å²) < 4.78 is 4.27. The van der Waals surface area contributed by atoms with E-state index in [0.29, 0.717) is 6.42 Å². The number of ether oxygens (including phenoxy) is 1. The average Bonchev–Trinajstić information content (AvgIpc) is 1.82. The van der Waals surface area contributed by atoms with Gasteiger partial charge in [-0.3, -0.25) is 10.2 Å². The topological polar surface area (TPSA) is 76.2 Å². The first-order valence-corrected chi connectivity index (χ1v) is 3.21. The third-order valence-corrected chi connectivity index (χ3v) is 0.958. The summed E-state index contributed by atoms with van der Waals surface area (Å²) in [4.78, 5) is 10.6. The van der Waals surface area contributed by atoms with Crippen molar-refractivity contribution in [3.63, 3.8) is 0 Å². The van der Waals surface area contributed by atoms with Crippen molar-refractivity contribution in [3.8, 4) is 0 Å². The van der Waals surface area contributed by atoms with E-state index < -0.39 is 12.0 Å².